The Morgan fingerprint density at radius 2 is 1.92 bits per heavy atom. The highest BCUT2D eigenvalue weighted by atomic mass is 32.2. The van der Waals surface area contributed by atoms with Crippen LogP contribution in [0, 0.1) is 0 Å². The number of hydrogen-bond acceptors (Lipinski definition) is 5. The standard InChI is InChI=1S/C17H32N4O3S2/c1-7-21(8-2)26(22,23)15-10-9-14(25-15)11-12-19-16(18-5)20-13-17(3,4)24-6/h9-10H,7-8,11-13H2,1-6H3,(H2,18,19,20). The van der Waals surface area contributed by atoms with Gasteiger partial charge in [0.2, 0.25) is 0 Å². The average molecular weight is 405 g/mol. The van der Waals surface area contributed by atoms with Crippen molar-refractivity contribution in [3.8, 4) is 0 Å². The molecule has 1 aromatic heterocycles. The Bertz CT molecular complexity index is 680. The Labute approximate surface area is 161 Å². The van der Waals surface area contributed by atoms with Gasteiger partial charge in [-0.05, 0) is 32.4 Å². The zero-order valence-electron chi connectivity index (χ0n) is 16.6. The second-order valence-electron chi connectivity index (χ2n) is 6.38. The number of hydrogen-bond donors (Lipinski definition) is 2. The monoisotopic (exact) mass is 404 g/mol. The van der Waals surface area contributed by atoms with Crippen LogP contribution in [0.5, 0.6) is 0 Å². The molecule has 0 bridgehead atoms. The van der Waals surface area contributed by atoms with Gasteiger partial charge in [0.05, 0.1) is 5.60 Å². The van der Waals surface area contributed by atoms with Gasteiger partial charge in [-0.1, -0.05) is 13.8 Å². The minimum atomic E-state index is -3.37. The summed E-state index contributed by atoms with van der Waals surface area (Å²) in [4.78, 5) is 5.21. The van der Waals surface area contributed by atoms with Gasteiger partial charge in [0.15, 0.2) is 5.96 Å². The van der Waals surface area contributed by atoms with Crippen LogP contribution in [0.4, 0.5) is 0 Å². The predicted octanol–water partition coefficient (Wildman–Crippen LogP) is 1.91. The van der Waals surface area contributed by atoms with Gasteiger partial charge in [0, 0.05) is 45.2 Å². The molecule has 150 valence electrons. The Morgan fingerprint density at radius 3 is 2.46 bits per heavy atom. The maximum Gasteiger partial charge on any atom is 0.252 e. The summed E-state index contributed by atoms with van der Waals surface area (Å²) >= 11 is 1.33. The van der Waals surface area contributed by atoms with Crippen molar-refractivity contribution in [1.29, 1.82) is 0 Å². The summed E-state index contributed by atoms with van der Waals surface area (Å²) in [6.45, 7) is 9.95. The van der Waals surface area contributed by atoms with Gasteiger partial charge in [-0.15, -0.1) is 11.3 Å². The van der Waals surface area contributed by atoms with E-state index in [1.54, 1.807) is 20.2 Å². The Morgan fingerprint density at radius 1 is 1.27 bits per heavy atom. The number of methoxy groups -OCH3 is 1. The predicted molar refractivity (Wildman–Crippen MR) is 109 cm³/mol. The largest absolute Gasteiger partial charge is 0.377 e. The first kappa shape index (κ1) is 22.9. The molecule has 0 aliphatic carbocycles. The summed E-state index contributed by atoms with van der Waals surface area (Å²) in [5.74, 6) is 0.697. The highest BCUT2D eigenvalue weighted by Gasteiger charge is 2.23. The van der Waals surface area contributed by atoms with Crippen LogP contribution in [-0.2, 0) is 21.2 Å². The topological polar surface area (TPSA) is 83.0 Å². The van der Waals surface area contributed by atoms with Crippen LogP contribution in [0.1, 0.15) is 32.6 Å². The zero-order valence-corrected chi connectivity index (χ0v) is 18.3. The van der Waals surface area contributed by atoms with E-state index in [2.05, 4.69) is 15.6 Å². The molecule has 0 unspecified atom stereocenters. The van der Waals surface area contributed by atoms with Gasteiger partial charge >= 0.3 is 0 Å². The van der Waals surface area contributed by atoms with Crippen molar-refractivity contribution in [2.24, 2.45) is 4.99 Å². The van der Waals surface area contributed by atoms with Crippen molar-refractivity contribution < 1.29 is 13.2 Å². The summed E-state index contributed by atoms with van der Waals surface area (Å²) < 4.78 is 32.3. The molecular weight excluding hydrogens is 372 g/mol. The molecule has 0 aliphatic rings. The van der Waals surface area contributed by atoms with E-state index < -0.39 is 10.0 Å². The summed E-state index contributed by atoms with van der Waals surface area (Å²) in [5.41, 5.74) is -0.279. The van der Waals surface area contributed by atoms with Crippen LogP contribution >= 0.6 is 11.3 Å². The summed E-state index contributed by atoms with van der Waals surface area (Å²) in [6, 6.07) is 3.58. The quantitative estimate of drug-likeness (QED) is 0.460. The molecule has 9 heteroatoms. The highest BCUT2D eigenvalue weighted by molar-refractivity contribution is 7.91. The lowest BCUT2D eigenvalue weighted by Gasteiger charge is -2.24. The van der Waals surface area contributed by atoms with Crippen molar-refractivity contribution in [1.82, 2.24) is 14.9 Å². The average Bonchev–Trinajstić information content (AvgIpc) is 3.08. The number of nitrogens with one attached hydrogen (secondary N) is 2. The molecule has 0 saturated carbocycles. The van der Waals surface area contributed by atoms with Gasteiger partial charge in [-0.3, -0.25) is 4.99 Å². The molecule has 0 fully saturated rings. The molecule has 0 aromatic carbocycles. The third-order valence-electron chi connectivity index (χ3n) is 4.06. The van der Waals surface area contributed by atoms with Crippen molar-refractivity contribution in [3.63, 3.8) is 0 Å². The van der Waals surface area contributed by atoms with Crippen LogP contribution in [0.25, 0.3) is 0 Å². The minimum absolute atomic E-state index is 0.279. The summed E-state index contributed by atoms with van der Waals surface area (Å²) in [7, 11) is 0.0235. The van der Waals surface area contributed by atoms with Gasteiger partial charge < -0.3 is 15.4 Å². The van der Waals surface area contributed by atoms with Crippen molar-refractivity contribution in [2.75, 3.05) is 40.3 Å². The highest BCUT2D eigenvalue weighted by Crippen LogP contribution is 2.25. The normalized spacial score (nSPS) is 13.3. The first-order chi connectivity index (χ1) is 12.2. The fourth-order valence-corrected chi connectivity index (χ4v) is 5.18. The number of ether oxygens (including phenoxy) is 1. The number of aliphatic imine (C=N–C) groups is 1. The van der Waals surface area contributed by atoms with E-state index in [4.69, 9.17) is 4.74 Å². The van der Waals surface area contributed by atoms with Crippen LogP contribution in [0.2, 0.25) is 0 Å². The lowest BCUT2D eigenvalue weighted by Crippen LogP contribution is -2.45. The van der Waals surface area contributed by atoms with E-state index in [9.17, 15) is 8.42 Å². The van der Waals surface area contributed by atoms with Crippen molar-refractivity contribution >= 4 is 27.3 Å². The SMILES string of the molecule is CCN(CC)S(=O)(=O)c1ccc(CCNC(=NC)NCC(C)(C)OC)s1. The molecule has 7 nitrogen and oxygen atoms in total. The van der Waals surface area contributed by atoms with Crippen LogP contribution in [0.3, 0.4) is 0 Å². The minimum Gasteiger partial charge on any atom is -0.377 e. The number of thiophene rings is 1. The molecule has 0 spiro atoms. The molecule has 0 radical (unpaired) electrons. The third kappa shape index (κ3) is 6.53. The Kier molecular flexibility index (Phi) is 9.02. The van der Waals surface area contributed by atoms with E-state index in [0.29, 0.717) is 36.3 Å². The number of nitrogens with zero attached hydrogens (tertiary/aromatic N) is 2. The zero-order chi connectivity index (χ0) is 19.8. The number of sulfonamides is 1. The first-order valence-electron chi connectivity index (χ1n) is 8.78. The molecule has 0 atom stereocenters. The van der Waals surface area contributed by atoms with Crippen LogP contribution in [-0.4, -0.2) is 64.6 Å². The molecule has 1 aromatic rings. The Balaban J connectivity index is 2.58. The van der Waals surface area contributed by atoms with Gasteiger partial charge in [0.25, 0.3) is 10.0 Å². The first-order valence-corrected chi connectivity index (χ1v) is 11.0. The van der Waals surface area contributed by atoms with E-state index in [1.807, 2.05) is 33.8 Å². The molecule has 1 heterocycles. The van der Waals surface area contributed by atoms with E-state index in [-0.39, 0.29) is 5.60 Å². The fraction of sp³-hybridized carbons (Fsp3) is 0.706. The van der Waals surface area contributed by atoms with Crippen LogP contribution in [0.15, 0.2) is 21.3 Å². The Hall–Kier alpha value is -1.16. The van der Waals surface area contributed by atoms with E-state index >= 15 is 0 Å². The van der Waals surface area contributed by atoms with E-state index in [1.165, 1.54) is 15.6 Å². The second-order valence-corrected chi connectivity index (χ2v) is 9.71. The molecule has 26 heavy (non-hydrogen) atoms. The molecular formula is C17H32N4O3S2. The lowest BCUT2D eigenvalue weighted by atomic mass is 10.1. The third-order valence-corrected chi connectivity index (χ3v) is 7.72. The molecule has 1 rings (SSSR count). The van der Waals surface area contributed by atoms with Gasteiger partial charge in [-0.2, -0.15) is 4.31 Å². The second kappa shape index (κ2) is 10.2. The van der Waals surface area contributed by atoms with Gasteiger partial charge in [-0.25, -0.2) is 8.42 Å². The fourth-order valence-electron chi connectivity index (χ4n) is 2.22. The summed E-state index contributed by atoms with van der Waals surface area (Å²) in [6.07, 6.45) is 0.729. The molecule has 0 aliphatic heterocycles. The van der Waals surface area contributed by atoms with Crippen molar-refractivity contribution in [3.05, 3.63) is 17.0 Å². The van der Waals surface area contributed by atoms with Crippen molar-refractivity contribution in [2.45, 2.75) is 43.9 Å². The lowest BCUT2D eigenvalue weighted by molar-refractivity contribution is 0.0268. The smallest absolute Gasteiger partial charge is 0.252 e. The summed E-state index contributed by atoms with van der Waals surface area (Å²) in [5, 5.41) is 6.46. The number of guanidine groups is 1. The maximum absolute atomic E-state index is 12.5. The van der Waals surface area contributed by atoms with Crippen LogP contribution < -0.4 is 10.6 Å². The molecule has 2 N–H and O–H groups in total. The number of rotatable bonds is 10. The molecule has 0 saturated heterocycles. The van der Waals surface area contributed by atoms with E-state index in [0.717, 1.165) is 11.3 Å². The maximum atomic E-state index is 12.5. The molecule has 0 amide bonds. The van der Waals surface area contributed by atoms with Gasteiger partial charge in [0.1, 0.15) is 4.21 Å².